The van der Waals surface area contributed by atoms with Crippen LogP contribution in [0.2, 0.25) is 5.02 Å². The van der Waals surface area contributed by atoms with Crippen LogP contribution in [0.25, 0.3) is 11.2 Å². The van der Waals surface area contributed by atoms with E-state index in [2.05, 4.69) is 19.7 Å². The molecule has 0 aliphatic carbocycles. The van der Waals surface area contributed by atoms with Crippen LogP contribution in [0.4, 0.5) is 10.6 Å². The molecule has 13 heteroatoms. The summed E-state index contributed by atoms with van der Waals surface area (Å²) >= 11 is 5.86. The minimum atomic E-state index is -3.73. The van der Waals surface area contributed by atoms with Crippen molar-refractivity contribution in [1.82, 2.24) is 29.1 Å². The maximum Gasteiger partial charge on any atom is 0.407 e. The van der Waals surface area contributed by atoms with E-state index in [4.69, 9.17) is 17.3 Å². The number of hydrogen-bond donors (Lipinski definition) is 3. The van der Waals surface area contributed by atoms with Gasteiger partial charge in [0, 0.05) is 31.2 Å². The summed E-state index contributed by atoms with van der Waals surface area (Å²) in [4.78, 5) is 26.0. The average molecular weight is 558 g/mol. The lowest BCUT2D eigenvalue weighted by molar-refractivity contribution is 0.141. The lowest BCUT2D eigenvalue weighted by Crippen LogP contribution is -2.30. The summed E-state index contributed by atoms with van der Waals surface area (Å²) < 4.78 is 29.7. The largest absolute Gasteiger partial charge is 0.465 e. The Hall–Kier alpha value is -3.74. The Kier molecular flexibility index (Phi) is 8.45. The normalized spacial score (nSPS) is 11.6. The van der Waals surface area contributed by atoms with Crippen LogP contribution in [-0.4, -0.2) is 50.6 Å². The molecule has 200 valence electrons. The first kappa shape index (κ1) is 27.3. The molecule has 0 unspecified atom stereocenters. The third-order valence-electron chi connectivity index (χ3n) is 5.94. The second kappa shape index (κ2) is 11.8. The van der Waals surface area contributed by atoms with Gasteiger partial charge in [0.2, 0.25) is 10.0 Å². The van der Waals surface area contributed by atoms with Crippen molar-refractivity contribution in [2.24, 2.45) is 0 Å². The summed E-state index contributed by atoms with van der Waals surface area (Å²) in [6.07, 6.45) is 1.93. The van der Waals surface area contributed by atoms with Gasteiger partial charge in [-0.2, -0.15) is 0 Å². The van der Waals surface area contributed by atoms with E-state index in [1.807, 2.05) is 4.57 Å². The maximum absolute atomic E-state index is 12.6. The molecule has 38 heavy (non-hydrogen) atoms. The molecule has 4 N–H and O–H groups in total. The van der Waals surface area contributed by atoms with E-state index in [9.17, 15) is 18.3 Å². The number of nitrogens with two attached hydrogens (primary N) is 1. The molecule has 2 aromatic heterocycles. The molecule has 2 heterocycles. The first-order valence-electron chi connectivity index (χ1n) is 11.9. The predicted molar refractivity (Wildman–Crippen MR) is 144 cm³/mol. The number of sulfonamides is 1. The molecule has 0 aliphatic heterocycles. The molecule has 0 bridgehead atoms. The standard InChI is InChI=1S/C25H28ClN7O4S/c1-17-30-23(27)22-24(31-17)33(16-28-22)13-3-2-12-32(25(34)35)15-19-6-10-21(11-7-19)38(36,37)29-14-18-4-8-20(26)9-5-18/h4-11,16,29H,2-3,12-15H2,1H3,(H,34,35)(H2,27,30,31). The molecule has 4 aromatic rings. The van der Waals surface area contributed by atoms with Crippen molar-refractivity contribution in [3.05, 3.63) is 76.8 Å². The van der Waals surface area contributed by atoms with E-state index >= 15 is 0 Å². The Morgan fingerprint density at radius 1 is 1.08 bits per heavy atom. The number of nitrogens with one attached hydrogen (secondary N) is 1. The average Bonchev–Trinajstić information content (AvgIpc) is 3.28. The predicted octanol–water partition coefficient (Wildman–Crippen LogP) is 3.81. The number of aromatic nitrogens is 4. The number of hydrogen-bond acceptors (Lipinski definition) is 7. The summed E-state index contributed by atoms with van der Waals surface area (Å²) in [5.41, 5.74) is 8.58. The fourth-order valence-electron chi connectivity index (χ4n) is 3.93. The SMILES string of the molecule is Cc1nc(N)c2ncn(CCCCN(Cc3ccc(S(=O)(=O)NCc4ccc(Cl)cc4)cc3)C(=O)O)c2n1. The van der Waals surface area contributed by atoms with Gasteiger partial charge in [-0.3, -0.25) is 0 Å². The fraction of sp³-hybridized carbons (Fsp3) is 0.280. The molecule has 0 atom stereocenters. The lowest BCUT2D eigenvalue weighted by atomic mass is 10.2. The number of nitrogens with zero attached hydrogens (tertiary/aromatic N) is 5. The van der Waals surface area contributed by atoms with Crippen LogP contribution in [0, 0.1) is 6.92 Å². The van der Waals surface area contributed by atoms with E-state index in [1.165, 1.54) is 17.0 Å². The molecule has 2 aromatic carbocycles. The Labute approximate surface area is 225 Å². The molecular formula is C25H28ClN7O4S. The van der Waals surface area contributed by atoms with Gasteiger partial charge in [-0.05, 0) is 55.2 Å². The second-order valence-corrected chi connectivity index (χ2v) is 11.0. The van der Waals surface area contributed by atoms with Crippen LogP contribution in [0.1, 0.15) is 29.8 Å². The molecule has 1 amide bonds. The number of carboxylic acid groups (broad SMARTS) is 1. The summed E-state index contributed by atoms with van der Waals surface area (Å²) in [6.45, 7) is 2.96. The van der Waals surface area contributed by atoms with Crippen molar-refractivity contribution in [3.63, 3.8) is 0 Å². The number of imidazole rings is 1. The zero-order chi connectivity index (χ0) is 27.3. The number of carbonyl (C=O) groups is 1. The molecule has 0 spiro atoms. The number of anilines is 1. The Morgan fingerprint density at radius 3 is 2.45 bits per heavy atom. The summed E-state index contributed by atoms with van der Waals surface area (Å²) in [6, 6.07) is 13.1. The number of unbranched alkanes of at least 4 members (excludes halogenated alkanes) is 1. The molecule has 0 radical (unpaired) electrons. The first-order chi connectivity index (χ1) is 18.1. The van der Waals surface area contributed by atoms with E-state index in [0.717, 1.165) is 5.56 Å². The minimum Gasteiger partial charge on any atom is -0.465 e. The van der Waals surface area contributed by atoms with Crippen LogP contribution < -0.4 is 10.5 Å². The topological polar surface area (TPSA) is 156 Å². The Bertz CT molecular complexity index is 1520. The summed E-state index contributed by atoms with van der Waals surface area (Å²) in [7, 11) is -3.73. The minimum absolute atomic E-state index is 0.101. The monoisotopic (exact) mass is 557 g/mol. The highest BCUT2D eigenvalue weighted by Crippen LogP contribution is 2.17. The highest BCUT2D eigenvalue weighted by molar-refractivity contribution is 7.89. The zero-order valence-electron chi connectivity index (χ0n) is 20.7. The van der Waals surface area contributed by atoms with Gasteiger partial charge < -0.3 is 20.3 Å². The van der Waals surface area contributed by atoms with E-state index in [1.54, 1.807) is 49.6 Å². The van der Waals surface area contributed by atoms with Crippen LogP contribution >= 0.6 is 11.6 Å². The lowest BCUT2D eigenvalue weighted by Gasteiger charge is -2.19. The van der Waals surface area contributed by atoms with Crippen molar-refractivity contribution in [2.75, 3.05) is 12.3 Å². The van der Waals surface area contributed by atoms with Crippen molar-refractivity contribution >= 4 is 44.7 Å². The number of nitrogen functional groups attached to an aromatic ring is 1. The van der Waals surface area contributed by atoms with Gasteiger partial charge in [0.05, 0.1) is 11.2 Å². The van der Waals surface area contributed by atoms with Crippen LogP contribution in [0.15, 0.2) is 59.8 Å². The van der Waals surface area contributed by atoms with Gasteiger partial charge in [-0.25, -0.2) is 32.9 Å². The fourth-order valence-corrected chi connectivity index (χ4v) is 5.07. The first-order valence-corrected chi connectivity index (χ1v) is 13.7. The van der Waals surface area contributed by atoms with Gasteiger partial charge in [-0.15, -0.1) is 0 Å². The van der Waals surface area contributed by atoms with Gasteiger partial charge in [0.15, 0.2) is 11.5 Å². The zero-order valence-corrected chi connectivity index (χ0v) is 22.3. The Morgan fingerprint density at radius 2 is 1.76 bits per heavy atom. The highest BCUT2D eigenvalue weighted by Gasteiger charge is 2.16. The van der Waals surface area contributed by atoms with Crippen molar-refractivity contribution < 1.29 is 18.3 Å². The van der Waals surface area contributed by atoms with Crippen molar-refractivity contribution in [1.29, 1.82) is 0 Å². The van der Waals surface area contributed by atoms with Crippen molar-refractivity contribution in [2.45, 2.75) is 44.3 Å². The van der Waals surface area contributed by atoms with E-state index in [-0.39, 0.29) is 18.0 Å². The van der Waals surface area contributed by atoms with Crippen molar-refractivity contribution in [3.8, 4) is 0 Å². The molecule has 4 rings (SSSR count). The number of halogens is 1. The van der Waals surface area contributed by atoms with Gasteiger partial charge in [0.25, 0.3) is 0 Å². The quantitative estimate of drug-likeness (QED) is 0.235. The molecule has 11 nitrogen and oxygen atoms in total. The van der Waals surface area contributed by atoms with Crippen LogP contribution in [0.5, 0.6) is 0 Å². The Balaban J connectivity index is 1.30. The molecular weight excluding hydrogens is 530 g/mol. The summed E-state index contributed by atoms with van der Waals surface area (Å²) in [5.74, 6) is 0.893. The molecule has 0 fully saturated rings. The molecule has 0 saturated carbocycles. The maximum atomic E-state index is 12.6. The van der Waals surface area contributed by atoms with E-state index < -0.39 is 16.1 Å². The highest BCUT2D eigenvalue weighted by atomic mass is 35.5. The second-order valence-electron chi connectivity index (χ2n) is 8.77. The number of fused-ring (bicyclic) bond motifs is 1. The number of aryl methyl sites for hydroxylation is 2. The van der Waals surface area contributed by atoms with Gasteiger partial charge in [0.1, 0.15) is 11.3 Å². The number of amides is 1. The smallest absolute Gasteiger partial charge is 0.407 e. The third kappa shape index (κ3) is 6.77. The summed E-state index contributed by atoms with van der Waals surface area (Å²) in [5, 5.41) is 10.2. The van der Waals surface area contributed by atoms with Crippen LogP contribution in [-0.2, 0) is 29.7 Å². The number of rotatable bonds is 11. The van der Waals surface area contributed by atoms with E-state index in [0.29, 0.717) is 59.3 Å². The number of benzene rings is 2. The van der Waals surface area contributed by atoms with Gasteiger partial charge in [-0.1, -0.05) is 35.9 Å². The molecule has 0 aliphatic rings. The third-order valence-corrected chi connectivity index (χ3v) is 7.61. The molecule has 0 saturated heterocycles. The van der Waals surface area contributed by atoms with Crippen LogP contribution in [0.3, 0.4) is 0 Å². The van der Waals surface area contributed by atoms with Gasteiger partial charge >= 0.3 is 6.09 Å².